The highest BCUT2D eigenvalue weighted by molar-refractivity contribution is 5.96. The van der Waals surface area contributed by atoms with Gasteiger partial charge in [0.05, 0.1) is 6.54 Å². The number of amides is 2. The number of carbonyl (C=O) groups excluding carboxylic acids is 2. The maximum absolute atomic E-state index is 12.0. The summed E-state index contributed by atoms with van der Waals surface area (Å²) in [6.07, 6.45) is 30.3. The molecule has 0 bridgehead atoms. The van der Waals surface area contributed by atoms with Crippen molar-refractivity contribution in [2.24, 2.45) is 5.73 Å². The van der Waals surface area contributed by atoms with Crippen LogP contribution in [0.2, 0.25) is 0 Å². The topological polar surface area (TPSA) is 84.2 Å². The first-order valence-corrected chi connectivity index (χ1v) is 12.3. The zero-order chi connectivity index (χ0) is 24.7. The van der Waals surface area contributed by atoms with Gasteiger partial charge in [-0.2, -0.15) is 0 Å². The number of anilines is 1. The zero-order valence-corrected chi connectivity index (χ0v) is 20.5. The van der Waals surface area contributed by atoms with Crippen molar-refractivity contribution in [2.45, 2.75) is 58.3 Å². The molecule has 0 saturated carbocycles. The first kappa shape index (κ1) is 28.9. The number of rotatable bonds is 18. The van der Waals surface area contributed by atoms with E-state index in [-0.39, 0.29) is 12.5 Å². The molecule has 2 amide bonds. The lowest BCUT2D eigenvalue weighted by atomic mass is 10.2. The molecule has 34 heavy (non-hydrogen) atoms. The number of carbonyl (C=O) groups is 2. The van der Waals surface area contributed by atoms with Crippen molar-refractivity contribution in [3.63, 3.8) is 0 Å². The normalized spacial score (nSPS) is 12.1. The summed E-state index contributed by atoms with van der Waals surface area (Å²) in [4.78, 5) is 23.2. The van der Waals surface area contributed by atoms with E-state index in [9.17, 15) is 9.59 Å². The number of nitrogens with two attached hydrogens (primary N) is 1. The minimum Gasteiger partial charge on any atom is -0.366 e. The van der Waals surface area contributed by atoms with Crippen LogP contribution in [0.25, 0.3) is 0 Å². The molecule has 0 atom stereocenters. The van der Waals surface area contributed by atoms with Crippen LogP contribution in [0.3, 0.4) is 0 Å². The molecule has 0 aliphatic heterocycles. The van der Waals surface area contributed by atoms with Crippen LogP contribution in [0.5, 0.6) is 0 Å². The first-order chi connectivity index (χ1) is 16.6. The van der Waals surface area contributed by atoms with Gasteiger partial charge in [-0.05, 0) is 76.1 Å². The quantitative estimate of drug-likeness (QED) is 0.178. The van der Waals surface area contributed by atoms with Crippen molar-refractivity contribution in [3.05, 3.63) is 90.6 Å². The van der Waals surface area contributed by atoms with E-state index in [4.69, 9.17) is 5.73 Å². The van der Waals surface area contributed by atoms with Gasteiger partial charge < -0.3 is 16.4 Å². The second-order valence-electron chi connectivity index (χ2n) is 7.87. The summed E-state index contributed by atoms with van der Waals surface area (Å²) >= 11 is 0. The van der Waals surface area contributed by atoms with Crippen molar-refractivity contribution in [1.82, 2.24) is 5.32 Å². The Hall–Kier alpha value is -3.18. The molecule has 0 aliphatic rings. The minimum atomic E-state index is -0.512. The molecule has 0 heterocycles. The Morgan fingerprint density at radius 3 is 2.00 bits per heavy atom. The van der Waals surface area contributed by atoms with Gasteiger partial charge in [0.25, 0.3) is 0 Å². The molecule has 0 fully saturated rings. The number of primary amides is 1. The summed E-state index contributed by atoms with van der Waals surface area (Å²) < 4.78 is 0. The van der Waals surface area contributed by atoms with Gasteiger partial charge in [0.1, 0.15) is 0 Å². The third-order valence-electron chi connectivity index (χ3n) is 4.85. The smallest absolute Gasteiger partial charge is 0.248 e. The number of hydrogen-bond acceptors (Lipinski definition) is 3. The molecule has 1 aromatic carbocycles. The molecule has 5 heteroatoms. The summed E-state index contributed by atoms with van der Waals surface area (Å²) in [6, 6.07) is 6.62. The summed E-state index contributed by atoms with van der Waals surface area (Å²) in [5.74, 6) is -0.652. The van der Waals surface area contributed by atoms with Gasteiger partial charge in [-0.1, -0.05) is 73.8 Å². The second kappa shape index (κ2) is 20.4. The van der Waals surface area contributed by atoms with Gasteiger partial charge >= 0.3 is 0 Å². The van der Waals surface area contributed by atoms with Crippen LogP contribution >= 0.6 is 0 Å². The van der Waals surface area contributed by atoms with Crippen LogP contribution in [0.15, 0.2) is 85.0 Å². The standard InChI is InChI=1S/C29H41N3O2/c1-2-3-4-5-6-7-8-9-10-11-12-13-14-15-16-17-18-19-23-31-25-28(33)32-27-22-20-21-26(24-27)29(30)34/h3-4,6-7,9-10,12-13,15-16,20-22,24,31H,2,5,8,11,14,17-19,23,25H2,1H3,(H2,30,34)(H,32,33)/b4-3-,7-6?,10-9?,13-12-,16-15-. The van der Waals surface area contributed by atoms with Crippen LogP contribution in [-0.4, -0.2) is 24.9 Å². The van der Waals surface area contributed by atoms with Gasteiger partial charge in [-0.25, -0.2) is 0 Å². The fourth-order valence-corrected chi connectivity index (χ4v) is 3.04. The third-order valence-corrected chi connectivity index (χ3v) is 4.85. The number of unbranched alkanes of at least 4 members (excludes halogenated alkanes) is 2. The maximum atomic E-state index is 12.0. The minimum absolute atomic E-state index is 0.139. The summed E-state index contributed by atoms with van der Waals surface area (Å²) in [7, 11) is 0. The Balaban J connectivity index is 1.98. The van der Waals surface area contributed by atoms with Gasteiger partial charge in [0, 0.05) is 11.3 Å². The zero-order valence-electron chi connectivity index (χ0n) is 20.5. The van der Waals surface area contributed by atoms with E-state index in [1.165, 1.54) is 0 Å². The molecule has 0 radical (unpaired) electrons. The van der Waals surface area contributed by atoms with Gasteiger partial charge in [-0.15, -0.1) is 0 Å². The Morgan fingerprint density at radius 2 is 1.41 bits per heavy atom. The molecule has 184 valence electrons. The Bertz CT molecular complexity index is 851. The molecule has 0 saturated heterocycles. The number of allylic oxidation sites excluding steroid dienone is 10. The van der Waals surface area contributed by atoms with E-state index in [1.54, 1.807) is 24.3 Å². The van der Waals surface area contributed by atoms with Gasteiger partial charge in [0.15, 0.2) is 0 Å². The van der Waals surface area contributed by atoms with Crippen LogP contribution in [0.4, 0.5) is 5.69 Å². The Morgan fingerprint density at radius 1 is 0.824 bits per heavy atom. The van der Waals surface area contributed by atoms with E-state index in [0.29, 0.717) is 11.3 Å². The molecule has 0 unspecified atom stereocenters. The monoisotopic (exact) mass is 463 g/mol. The maximum Gasteiger partial charge on any atom is 0.248 e. The second-order valence-corrected chi connectivity index (χ2v) is 7.87. The number of nitrogens with one attached hydrogen (secondary N) is 2. The van der Waals surface area contributed by atoms with Crippen molar-refractivity contribution in [1.29, 1.82) is 0 Å². The molecule has 5 nitrogen and oxygen atoms in total. The van der Waals surface area contributed by atoms with E-state index >= 15 is 0 Å². The highest BCUT2D eigenvalue weighted by atomic mass is 16.2. The average molecular weight is 464 g/mol. The van der Waals surface area contributed by atoms with Crippen molar-refractivity contribution >= 4 is 17.5 Å². The lowest BCUT2D eigenvalue weighted by Crippen LogP contribution is -2.28. The lowest BCUT2D eigenvalue weighted by Gasteiger charge is -2.07. The van der Waals surface area contributed by atoms with Crippen LogP contribution in [0, 0.1) is 0 Å². The Labute approximate surface area is 205 Å². The van der Waals surface area contributed by atoms with E-state index < -0.39 is 5.91 Å². The molecule has 1 aromatic rings. The van der Waals surface area contributed by atoms with Gasteiger partial charge in [0.2, 0.25) is 11.8 Å². The third kappa shape index (κ3) is 16.5. The Kier molecular flexibility index (Phi) is 17.3. The molecular formula is C29H41N3O2. The first-order valence-electron chi connectivity index (χ1n) is 12.3. The molecule has 0 spiro atoms. The van der Waals surface area contributed by atoms with E-state index in [1.807, 2.05) is 0 Å². The summed E-state index contributed by atoms with van der Waals surface area (Å²) in [6.45, 7) is 3.18. The van der Waals surface area contributed by atoms with Crippen molar-refractivity contribution < 1.29 is 9.59 Å². The lowest BCUT2D eigenvalue weighted by molar-refractivity contribution is -0.115. The molecule has 1 rings (SSSR count). The van der Waals surface area contributed by atoms with E-state index in [2.05, 4.69) is 78.3 Å². The van der Waals surface area contributed by atoms with Crippen molar-refractivity contribution in [2.75, 3.05) is 18.4 Å². The SMILES string of the molecule is CC/C=C\CC=CCC=CC/C=C\C/C=C\CCCCNCC(=O)Nc1cccc(C(N)=O)c1. The molecule has 0 aliphatic carbocycles. The fraction of sp³-hybridized carbons (Fsp3) is 0.379. The summed E-state index contributed by atoms with van der Waals surface area (Å²) in [5, 5.41) is 5.91. The predicted octanol–water partition coefficient (Wildman–Crippen LogP) is 6.24. The highest BCUT2D eigenvalue weighted by Gasteiger charge is 2.04. The molecule has 4 N–H and O–H groups in total. The molecular weight excluding hydrogens is 422 g/mol. The largest absolute Gasteiger partial charge is 0.366 e. The van der Waals surface area contributed by atoms with Crippen LogP contribution in [0.1, 0.15) is 68.6 Å². The fourth-order valence-electron chi connectivity index (χ4n) is 3.04. The van der Waals surface area contributed by atoms with Crippen LogP contribution < -0.4 is 16.4 Å². The van der Waals surface area contributed by atoms with Gasteiger partial charge in [-0.3, -0.25) is 9.59 Å². The highest BCUT2D eigenvalue weighted by Crippen LogP contribution is 2.09. The number of benzene rings is 1. The molecule has 0 aromatic heterocycles. The predicted molar refractivity (Wildman–Crippen MR) is 145 cm³/mol. The number of hydrogen-bond donors (Lipinski definition) is 3. The van der Waals surface area contributed by atoms with E-state index in [0.717, 1.165) is 57.9 Å². The van der Waals surface area contributed by atoms with Crippen LogP contribution in [-0.2, 0) is 4.79 Å². The average Bonchev–Trinajstić information content (AvgIpc) is 2.83. The summed E-state index contributed by atoms with van der Waals surface area (Å²) in [5.41, 5.74) is 6.20. The van der Waals surface area contributed by atoms with Crippen molar-refractivity contribution in [3.8, 4) is 0 Å².